The van der Waals surface area contributed by atoms with E-state index in [-0.39, 0.29) is 5.91 Å². The molecule has 0 aromatic heterocycles. The van der Waals surface area contributed by atoms with Crippen molar-refractivity contribution in [2.24, 2.45) is 5.92 Å². The molecule has 1 heterocycles. The van der Waals surface area contributed by atoms with Gasteiger partial charge in [-0.3, -0.25) is 4.79 Å². The molecule has 0 saturated heterocycles. The molecule has 0 unspecified atom stereocenters. The number of hydrogen-bond donors (Lipinski definition) is 1. The Morgan fingerprint density at radius 3 is 2.65 bits per heavy atom. The van der Waals surface area contributed by atoms with Crippen molar-refractivity contribution in [2.75, 3.05) is 5.32 Å². The van der Waals surface area contributed by atoms with Gasteiger partial charge in [0.05, 0.1) is 0 Å². The van der Waals surface area contributed by atoms with Crippen molar-refractivity contribution < 1.29 is 14.3 Å². The Labute approximate surface area is 119 Å². The third-order valence-corrected chi connectivity index (χ3v) is 3.78. The molecule has 1 amide bonds. The zero-order valence-corrected chi connectivity index (χ0v) is 12.1. The number of benzene rings is 1. The molecular formula is C16H21NO3. The quantitative estimate of drug-likeness (QED) is 0.914. The van der Waals surface area contributed by atoms with Crippen LogP contribution in [0.5, 0.6) is 11.5 Å². The smallest absolute Gasteiger partial charge is 0.251 e. The van der Waals surface area contributed by atoms with Crippen LogP contribution in [0.1, 0.15) is 46.0 Å². The second-order valence-electron chi connectivity index (χ2n) is 6.13. The minimum atomic E-state index is -0.442. The number of hydrogen-bond acceptors (Lipinski definition) is 3. The predicted octanol–water partition coefficient (Wildman–Crippen LogP) is 3.71. The highest BCUT2D eigenvalue weighted by molar-refractivity contribution is 5.91. The highest BCUT2D eigenvalue weighted by Crippen LogP contribution is 2.47. The van der Waals surface area contributed by atoms with Crippen LogP contribution < -0.4 is 14.8 Å². The molecule has 1 aromatic carbocycles. The van der Waals surface area contributed by atoms with E-state index < -0.39 is 5.79 Å². The molecule has 3 rings (SSSR count). The minimum absolute atomic E-state index is 0.0365. The molecule has 1 N–H and O–H groups in total. The number of carbonyl (C=O) groups excluding carboxylic acids is 1. The third kappa shape index (κ3) is 2.60. The summed E-state index contributed by atoms with van der Waals surface area (Å²) in [6, 6.07) is 5.61. The van der Waals surface area contributed by atoms with Crippen molar-refractivity contribution in [1.82, 2.24) is 0 Å². The SMILES string of the molecule is CC(C)CC(=O)Nc1ccc2c(c1)OC1(CCCC1)O2. The maximum atomic E-state index is 11.8. The lowest BCUT2D eigenvalue weighted by Crippen LogP contribution is -2.34. The summed E-state index contributed by atoms with van der Waals surface area (Å²) in [5.41, 5.74) is 0.771. The standard InChI is InChI=1S/C16H21NO3/c1-11(2)9-15(18)17-12-5-6-13-14(10-12)20-16(19-13)7-3-4-8-16/h5-6,10-11H,3-4,7-9H2,1-2H3,(H,17,18). The van der Waals surface area contributed by atoms with Crippen LogP contribution in [0.3, 0.4) is 0 Å². The molecule has 0 atom stereocenters. The summed E-state index contributed by atoms with van der Waals surface area (Å²) in [5.74, 6) is 1.48. The van der Waals surface area contributed by atoms with Crippen LogP contribution in [-0.2, 0) is 4.79 Å². The summed E-state index contributed by atoms with van der Waals surface area (Å²) in [6.45, 7) is 4.06. The Balaban J connectivity index is 1.70. The van der Waals surface area contributed by atoms with E-state index in [0.717, 1.165) is 42.9 Å². The van der Waals surface area contributed by atoms with E-state index in [1.165, 1.54) is 0 Å². The van der Waals surface area contributed by atoms with Gasteiger partial charge in [0.2, 0.25) is 5.91 Å². The van der Waals surface area contributed by atoms with E-state index in [2.05, 4.69) is 5.32 Å². The molecular weight excluding hydrogens is 254 g/mol. The molecule has 20 heavy (non-hydrogen) atoms. The van der Waals surface area contributed by atoms with E-state index in [9.17, 15) is 4.79 Å². The summed E-state index contributed by atoms with van der Waals surface area (Å²) in [7, 11) is 0. The Kier molecular flexibility index (Phi) is 3.32. The summed E-state index contributed by atoms with van der Waals surface area (Å²) in [5, 5.41) is 2.91. The summed E-state index contributed by atoms with van der Waals surface area (Å²) >= 11 is 0. The molecule has 0 bridgehead atoms. The van der Waals surface area contributed by atoms with Gasteiger partial charge in [0.1, 0.15) is 0 Å². The third-order valence-electron chi connectivity index (χ3n) is 3.78. The first-order chi connectivity index (χ1) is 9.56. The summed E-state index contributed by atoms with van der Waals surface area (Å²) in [6.07, 6.45) is 4.70. The van der Waals surface area contributed by atoms with Crippen LogP contribution in [-0.4, -0.2) is 11.7 Å². The van der Waals surface area contributed by atoms with Crippen LogP contribution in [0.15, 0.2) is 18.2 Å². The fourth-order valence-corrected chi connectivity index (χ4v) is 2.87. The highest BCUT2D eigenvalue weighted by atomic mass is 16.7. The van der Waals surface area contributed by atoms with E-state index in [1.807, 2.05) is 32.0 Å². The molecule has 4 nitrogen and oxygen atoms in total. The van der Waals surface area contributed by atoms with Crippen LogP contribution in [0.4, 0.5) is 5.69 Å². The van der Waals surface area contributed by atoms with Gasteiger partial charge in [-0.05, 0) is 30.9 Å². The number of fused-ring (bicyclic) bond motifs is 1. The largest absolute Gasteiger partial charge is 0.448 e. The molecule has 108 valence electrons. The first kappa shape index (κ1) is 13.3. The van der Waals surface area contributed by atoms with Gasteiger partial charge in [-0.1, -0.05) is 13.8 Å². The summed E-state index contributed by atoms with van der Waals surface area (Å²) in [4.78, 5) is 11.8. The van der Waals surface area contributed by atoms with Gasteiger partial charge in [0.25, 0.3) is 5.79 Å². The molecule has 1 aliphatic heterocycles. The fraction of sp³-hybridized carbons (Fsp3) is 0.562. The fourth-order valence-electron chi connectivity index (χ4n) is 2.87. The molecule has 2 aliphatic rings. The summed E-state index contributed by atoms with van der Waals surface area (Å²) < 4.78 is 11.9. The molecule has 1 saturated carbocycles. The first-order valence-electron chi connectivity index (χ1n) is 7.38. The Morgan fingerprint density at radius 1 is 1.25 bits per heavy atom. The molecule has 1 aliphatic carbocycles. The van der Waals surface area contributed by atoms with Gasteiger partial charge in [0, 0.05) is 31.0 Å². The predicted molar refractivity (Wildman–Crippen MR) is 77.0 cm³/mol. The van der Waals surface area contributed by atoms with Crippen molar-refractivity contribution in [3.05, 3.63) is 18.2 Å². The number of nitrogens with one attached hydrogen (secondary N) is 1. The van der Waals surface area contributed by atoms with Crippen LogP contribution >= 0.6 is 0 Å². The van der Waals surface area contributed by atoms with Crippen molar-refractivity contribution in [2.45, 2.75) is 51.7 Å². The van der Waals surface area contributed by atoms with Gasteiger partial charge in [-0.25, -0.2) is 0 Å². The van der Waals surface area contributed by atoms with Gasteiger partial charge in [-0.2, -0.15) is 0 Å². The number of rotatable bonds is 3. The Morgan fingerprint density at radius 2 is 1.95 bits per heavy atom. The number of ether oxygens (including phenoxy) is 2. The van der Waals surface area contributed by atoms with Crippen LogP contribution in [0.25, 0.3) is 0 Å². The van der Waals surface area contributed by atoms with Gasteiger partial charge >= 0.3 is 0 Å². The van der Waals surface area contributed by atoms with E-state index in [1.54, 1.807) is 0 Å². The van der Waals surface area contributed by atoms with E-state index in [4.69, 9.17) is 9.47 Å². The second-order valence-corrected chi connectivity index (χ2v) is 6.13. The lowest BCUT2D eigenvalue weighted by Gasteiger charge is -2.21. The van der Waals surface area contributed by atoms with Crippen molar-refractivity contribution in [3.63, 3.8) is 0 Å². The number of carbonyl (C=O) groups is 1. The molecule has 1 spiro atoms. The number of anilines is 1. The van der Waals surface area contributed by atoms with Crippen molar-refractivity contribution in [3.8, 4) is 11.5 Å². The van der Waals surface area contributed by atoms with E-state index in [0.29, 0.717) is 12.3 Å². The monoisotopic (exact) mass is 275 g/mol. The van der Waals surface area contributed by atoms with Gasteiger partial charge < -0.3 is 14.8 Å². The second kappa shape index (κ2) is 5.00. The maximum absolute atomic E-state index is 11.8. The van der Waals surface area contributed by atoms with Gasteiger partial charge in [0.15, 0.2) is 11.5 Å². The minimum Gasteiger partial charge on any atom is -0.448 e. The van der Waals surface area contributed by atoms with Crippen LogP contribution in [0, 0.1) is 5.92 Å². The van der Waals surface area contributed by atoms with E-state index >= 15 is 0 Å². The zero-order valence-electron chi connectivity index (χ0n) is 12.1. The average molecular weight is 275 g/mol. The lowest BCUT2D eigenvalue weighted by atomic mass is 10.1. The van der Waals surface area contributed by atoms with Gasteiger partial charge in [-0.15, -0.1) is 0 Å². The Hall–Kier alpha value is -1.71. The normalized spacial score (nSPS) is 18.8. The lowest BCUT2D eigenvalue weighted by molar-refractivity contribution is -0.116. The van der Waals surface area contributed by atoms with Crippen molar-refractivity contribution in [1.29, 1.82) is 0 Å². The first-order valence-corrected chi connectivity index (χ1v) is 7.38. The highest BCUT2D eigenvalue weighted by Gasteiger charge is 2.44. The maximum Gasteiger partial charge on any atom is 0.251 e. The average Bonchev–Trinajstić information content (AvgIpc) is 2.94. The topological polar surface area (TPSA) is 47.6 Å². The molecule has 1 aromatic rings. The van der Waals surface area contributed by atoms with Crippen LogP contribution in [0.2, 0.25) is 0 Å². The number of amides is 1. The molecule has 4 heteroatoms. The zero-order chi connectivity index (χ0) is 14.2. The molecule has 1 fully saturated rings. The molecule has 0 radical (unpaired) electrons. The van der Waals surface area contributed by atoms with Crippen molar-refractivity contribution >= 4 is 11.6 Å². The Bertz CT molecular complexity index is 518.